The fraction of sp³-hybridized carbons (Fsp3) is 0.667. The van der Waals surface area contributed by atoms with Gasteiger partial charge in [0, 0.05) is 25.2 Å². The summed E-state index contributed by atoms with van der Waals surface area (Å²) in [6, 6.07) is 5.08. The molecule has 1 rings (SSSR count). The highest BCUT2D eigenvalue weighted by atomic mass is 32.2. The third-order valence-electron chi connectivity index (χ3n) is 4.41. The Balaban J connectivity index is 2.78. The third-order valence-corrected chi connectivity index (χ3v) is 6.32. The second kappa shape index (κ2) is 12.8. The van der Waals surface area contributed by atoms with Crippen molar-refractivity contribution in [3.05, 3.63) is 34.4 Å². The fourth-order valence-electron chi connectivity index (χ4n) is 2.81. The Kier molecular flexibility index (Phi) is 11.1. The van der Waals surface area contributed by atoms with Crippen molar-refractivity contribution in [1.82, 2.24) is 4.31 Å². The van der Waals surface area contributed by atoms with Gasteiger partial charge in [-0.1, -0.05) is 25.7 Å². The average molecular weight is 401 g/mol. The first kappa shape index (κ1) is 23.5. The van der Waals surface area contributed by atoms with E-state index in [-0.39, 0.29) is 10.6 Å². The number of hydrogen-bond acceptors (Lipinski definition) is 6. The van der Waals surface area contributed by atoms with E-state index < -0.39 is 14.9 Å². The number of non-ortho nitro benzene ring substituents is 1. The van der Waals surface area contributed by atoms with Gasteiger partial charge in [0.15, 0.2) is 0 Å². The molecule has 0 aromatic heterocycles. The van der Waals surface area contributed by atoms with E-state index in [0.717, 1.165) is 51.4 Å². The molecule has 0 aliphatic heterocycles. The minimum Gasteiger partial charge on any atom is -0.330 e. The molecule has 0 amide bonds. The maximum atomic E-state index is 13.0. The molecule has 1 aromatic carbocycles. The molecule has 27 heavy (non-hydrogen) atoms. The molecule has 0 aliphatic rings. The van der Waals surface area contributed by atoms with Gasteiger partial charge in [-0.25, -0.2) is 8.42 Å². The zero-order chi connectivity index (χ0) is 20.1. The highest BCUT2D eigenvalue weighted by Crippen LogP contribution is 2.21. The van der Waals surface area contributed by atoms with Crippen molar-refractivity contribution in [3.63, 3.8) is 0 Å². The van der Waals surface area contributed by atoms with Crippen molar-refractivity contribution in [2.24, 2.45) is 11.5 Å². The van der Waals surface area contributed by atoms with Gasteiger partial charge in [-0.05, 0) is 50.9 Å². The number of sulfonamides is 1. The predicted octanol–water partition coefficient (Wildman–Crippen LogP) is 2.62. The Morgan fingerprint density at radius 2 is 1.26 bits per heavy atom. The van der Waals surface area contributed by atoms with Gasteiger partial charge >= 0.3 is 0 Å². The molecule has 154 valence electrons. The summed E-state index contributed by atoms with van der Waals surface area (Å²) in [6.07, 6.45) is 7.25. The maximum absolute atomic E-state index is 13.0. The van der Waals surface area contributed by atoms with Gasteiger partial charge in [-0.2, -0.15) is 4.31 Å². The van der Waals surface area contributed by atoms with Crippen molar-refractivity contribution in [3.8, 4) is 0 Å². The SMILES string of the molecule is NCCCCCCN(CCCCCCN)S(=O)(=O)c1ccc([N+](=O)[O-])cc1. The first-order valence-corrected chi connectivity index (χ1v) is 11.0. The smallest absolute Gasteiger partial charge is 0.269 e. The number of nitro benzene ring substituents is 1. The molecule has 4 N–H and O–H groups in total. The molecule has 0 unspecified atom stereocenters. The number of rotatable bonds is 15. The van der Waals surface area contributed by atoms with Gasteiger partial charge in [0.2, 0.25) is 10.0 Å². The lowest BCUT2D eigenvalue weighted by atomic mass is 10.2. The standard InChI is InChI=1S/C18H32N4O4S/c19-13-5-1-3-7-15-21(16-8-4-2-6-14-20)27(25,26)18-11-9-17(10-12-18)22(23)24/h9-12H,1-8,13-16,19-20H2. The molecule has 0 radical (unpaired) electrons. The number of nitrogens with zero attached hydrogens (tertiary/aromatic N) is 2. The number of benzene rings is 1. The Hall–Kier alpha value is -1.55. The second-order valence-electron chi connectivity index (χ2n) is 6.56. The highest BCUT2D eigenvalue weighted by Gasteiger charge is 2.24. The minimum absolute atomic E-state index is 0.0945. The zero-order valence-corrected chi connectivity index (χ0v) is 16.7. The van der Waals surface area contributed by atoms with Crippen molar-refractivity contribution in [1.29, 1.82) is 0 Å². The van der Waals surface area contributed by atoms with Crippen LogP contribution in [0.15, 0.2) is 29.2 Å². The molecule has 0 heterocycles. The first-order valence-electron chi connectivity index (χ1n) is 9.58. The molecule has 0 atom stereocenters. The van der Waals surface area contributed by atoms with Gasteiger partial charge in [0.25, 0.3) is 5.69 Å². The summed E-state index contributed by atoms with van der Waals surface area (Å²) in [5.41, 5.74) is 10.9. The summed E-state index contributed by atoms with van der Waals surface area (Å²) in [6.45, 7) is 2.18. The van der Waals surface area contributed by atoms with Crippen LogP contribution in [0, 0.1) is 10.1 Å². The van der Waals surface area contributed by atoms with E-state index in [0.29, 0.717) is 26.2 Å². The van der Waals surface area contributed by atoms with Crippen LogP contribution in [-0.4, -0.2) is 43.8 Å². The van der Waals surface area contributed by atoms with Crippen molar-refractivity contribution < 1.29 is 13.3 Å². The lowest BCUT2D eigenvalue weighted by Crippen LogP contribution is -2.33. The van der Waals surface area contributed by atoms with E-state index in [9.17, 15) is 18.5 Å². The van der Waals surface area contributed by atoms with Crippen LogP contribution in [0.5, 0.6) is 0 Å². The molecule has 8 nitrogen and oxygen atoms in total. The van der Waals surface area contributed by atoms with Gasteiger partial charge < -0.3 is 11.5 Å². The lowest BCUT2D eigenvalue weighted by Gasteiger charge is -2.22. The van der Waals surface area contributed by atoms with Crippen LogP contribution in [0.3, 0.4) is 0 Å². The van der Waals surface area contributed by atoms with Crippen molar-refractivity contribution in [2.75, 3.05) is 26.2 Å². The third kappa shape index (κ3) is 8.34. The Bertz CT molecular complexity index is 636. The van der Waals surface area contributed by atoms with Crippen molar-refractivity contribution in [2.45, 2.75) is 56.3 Å². The van der Waals surface area contributed by atoms with Crippen LogP contribution in [0.25, 0.3) is 0 Å². The van der Waals surface area contributed by atoms with E-state index in [1.54, 1.807) is 0 Å². The van der Waals surface area contributed by atoms with E-state index in [4.69, 9.17) is 11.5 Å². The maximum Gasteiger partial charge on any atom is 0.269 e. The summed E-state index contributed by atoms with van der Waals surface area (Å²) in [5.74, 6) is 0. The van der Waals surface area contributed by atoms with Crippen LogP contribution in [0.4, 0.5) is 5.69 Å². The molecule has 0 spiro atoms. The summed E-state index contributed by atoms with van der Waals surface area (Å²) in [7, 11) is -3.67. The quantitative estimate of drug-likeness (QED) is 0.264. The normalized spacial score (nSPS) is 11.8. The van der Waals surface area contributed by atoms with E-state index in [1.807, 2.05) is 0 Å². The van der Waals surface area contributed by atoms with Crippen LogP contribution in [0.2, 0.25) is 0 Å². The Labute approximate surface area is 162 Å². The topological polar surface area (TPSA) is 133 Å². The van der Waals surface area contributed by atoms with Gasteiger partial charge in [-0.15, -0.1) is 0 Å². The molecule has 9 heteroatoms. The molecule has 1 aromatic rings. The van der Waals surface area contributed by atoms with E-state index >= 15 is 0 Å². The van der Waals surface area contributed by atoms with E-state index in [2.05, 4.69) is 0 Å². The monoisotopic (exact) mass is 400 g/mol. The number of unbranched alkanes of at least 4 members (excludes halogenated alkanes) is 6. The Morgan fingerprint density at radius 1 is 0.815 bits per heavy atom. The zero-order valence-electron chi connectivity index (χ0n) is 15.9. The summed E-state index contributed by atoms with van der Waals surface area (Å²) < 4.78 is 27.4. The molecule has 0 saturated carbocycles. The van der Waals surface area contributed by atoms with Gasteiger partial charge in [0.1, 0.15) is 0 Å². The van der Waals surface area contributed by atoms with Crippen LogP contribution in [-0.2, 0) is 10.0 Å². The molecular weight excluding hydrogens is 368 g/mol. The molecule has 0 bridgehead atoms. The lowest BCUT2D eigenvalue weighted by molar-refractivity contribution is -0.384. The Morgan fingerprint density at radius 3 is 1.67 bits per heavy atom. The molecule has 0 saturated heterocycles. The predicted molar refractivity (Wildman–Crippen MR) is 107 cm³/mol. The minimum atomic E-state index is -3.67. The largest absolute Gasteiger partial charge is 0.330 e. The fourth-order valence-corrected chi connectivity index (χ4v) is 4.33. The number of nitrogens with two attached hydrogens (primary N) is 2. The van der Waals surface area contributed by atoms with E-state index in [1.165, 1.54) is 28.6 Å². The summed E-state index contributed by atoms with van der Waals surface area (Å²) in [4.78, 5) is 10.3. The van der Waals surface area contributed by atoms with Crippen molar-refractivity contribution >= 4 is 15.7 Å². The van der Waals surface area contributed by atoms with Gasteiger partial charge in [-0.3, -0.25) is 10.1 Å². The molecular formula is C18H32N4O4S. The number of hydrogen-bond donors (Lipinski definition) is 2. The molecule has 0 aliphatic carbocycles. The second-order valence-corrected chi connectivity index (χ2v) is 8.50. The highest BCUT2D eigenvalue weighted by molar-refractivity contribution is 7.89. The average Bonchev–Trinajstić information content (AvgIpc) is 2.66. The first-order chi connectivity index (χ1) is 12.9. The van der Waals surface area contributed by atoms with Crippen LogP contribution >= 0.6 is 0 Å². The van der Waals surface area contributed by atoms with Crippen LogP contribution in [0.1, 0.15) is 51.4 Å². The summed E-state index contributed by atoms with van der Waals surface area (Å²) in [5, 5.41) is 10.8. The summed E-state index contributed by atoms with van der Waals surface area (Å²) >= 11 is 0. The van der Waals surface area contributed by atoms with Crippen LogP contribution < -0.4 is 11.5 Å². The number of nitro groups is 1. The van der Waals surface area contributed by atoms with Gasteiger partial charge in [0.05, 0.1) is 9.82 Å². The molecule has 0 fully saturated rings.